The molecule has 5 heteroatoms. The Morgan fingerprint density at radius 1 is 1.35 bits per heavy atom. The van der Waals surface area contributed by atoms with E-state index in [9.17, 15) is 9.59 Å². The maximum absolute atomic E-state index is 12.0. The Bertz CT molecular complexity index is 353. The van der Waals surface area contributed by atoms with Gasteiger partial charge in [0.15, 0.2) is 0 Å². The van der Waals surface area contributed by atoms with Gasteiger partial charge in [0.2, 0.25) is 0 Å². The van der Waals surface area contributed by atoms with E-state index in [1.54, 1.807) is 26.8 Å². The van der Waals surface area contributed by atoms with Crippen molar-refractivity contribution >= 4 is 12.1 Å². The van der Waals surface area contributed by atoms with Crippen molar-refractivity contribution in [3.05, 3.63) is 12.7 Å². The molecule has 0 heterocycles. The van der Waals surface area contributed by atoms with Crippen LogP contribution in [0.1, 0.15) is 52.9 Å². The topological polar surface area (TPSA) is 64.6 Å². The summed E-state index contributed by atoms with van der Waals surface area (Å²) in [6, 6.07) is -0.733. The summed E-state index contributed by atoms with van der Waals surface area (Å²) in [4.78, 5) is 23.8. The molecule has 1 aliphatic rings. The number of alkyl carbamates (subject to hydrolysis) is 1. The third-order valence-electron chi connectivity index (χ3n) is 2.96. The van der Waals surface area contributed by atoms with Gasteiger partial charge in [0.25, 0.3) is 0 Å². The molecule has 0 aromatic rings. The number of ether oxygens (including phenoxy) is 2. The Morgan fingerprint density at radius 3 is 2.45 bits per heavy atom. The van der Waals surface area contributed by atoms with Crippen molar-refractivity contribution in [3.8, 4) is 0 Å². The second-order valence-electron chi connectivity index (χ2n) is 6.07. The highest BCUT2D eigenvalue weighted by Gasteiger charge is 2.27. The maximum atomic E-state index is 12.0. The predicted octanol–water partition coefficient (Wildman–Crippen LogP) is 2.94. The van der Waals surface area contributed by atoms with Crippen molar-refractivity contribution in [3.63, 3.8) is 0 Å². The van der Waals surface area contributed by atoms with Crippen molar-refractivity contribution < 1.29 is 19.1 Å². The zero-order valence-corrected chi connectivity index (χ0v) is 12.6. The first-order chi connectivity index (χ1) is 9.31. The Morgan fingerprint density at radius 2 is 1.95 bits per heavy atom. The van der Waals surface area contributed by atoms with Crippen LogP contribution in [0.15, 0.2) is 12.7 Å². The molecule has 1 rings (SSSR count). The van der Waals surface area contributed by atoms with E-state index >= 15 is 0 Å². The minimum absolute atomic E-state index is 0.0183. The van der Waals surface area contributed by atoms with Gasteiger partial charge in [-0.25, -0.2) is 9.59 Å². The Hall–Kier alpha value is -1.52. The molecule has 1 atom stereocenters. The van der Waals surface area contributed by atoms with E-state index in [0.29, 0.717) is 6.42 Å². The van der Waals surface area contributed by atoms with Gasteiger partial charge in [-0.15, -0.1) is 6.58 Å². The van der Waals surface area contributed by atoms with Crippen LogP contribution in [0.25, 0.3) is 0 Å². The van der Waals surface area contributed by atoms with Crippen LogP contribution in [0.5, 0.6) is 0 Å². The number of carbonyl (C=O) groups excluding carboxylic acids is 2. The largest absolute Gasteiger partial charge is 0.461 e. The third-order valence-corrected chi connectivity index (χ3v) is 2.96. The highest BCUT2D eigenvalue weighted by molar-refractivity contribution is 5.81. The molecule has 0 saturated heterocycles. The van der Waals surface area contributed by atoms with Crippen LogP contribution in [0.2, 0.25) is 0 Å². The highest BCUT2D eigenvalue weighted by atomic mass is 16.6. The number of hydrogen-bond donors (Lipinski definition) is 1. The van der Waals surface area contributed by atoms with Gasteiger partial charge in [0, 0.05) is 0 Å². The number of hydrogen-bond acceptors (Lipinski definition) is 4. The fourth-order valence-electron chi connectivity index (χ4n) is 2.08. The lowest BCUT2D eigenvalue weighted by atomic mass is 10.2. The summed E-state index contributed by atoms with van der Waals surface area (Å²) in [5.41, 5.74) is -0.599. The van der Waals surface area contributed by atoms with E-state index in [-0.39, 0.29) is 6.10 Å². The van der Waals surface area contributed by atoms with Crippen molar-refractivity contribution in [2.75, 3.05) is 0 Å². The maximum Gasteiger partial charge on any atom is 0.408 e. The molecule has 5 nitrogen and oxygen atoms in total. The molecule has 0 spiro atoms. The molecule has 1 N–H and O–H groups in total. The van der Waals surface area contributed by atoms with Crippen molar-refractivity contribution in [1.82, 2.24) is 5.32 Å². The van der Waals surface area contributed by atoms with Crippen LogP contribution in [-0.2, 0) is 14.3 Å². The molecule has 1 saturated carbocycles. The normalized spacial score (nSPS) is 17.4. The lowest BCUT2D eigenvalue weighted by molar-refractivity contribution is -0.151. The van der Waals surface area contributed by atoms with Crippen molar-refractivity contribution in [2.45, 2.75) is 70.6 Å². The van der Waals surface area contributed by atoms with Crippen LogP contribution in [0.4, 0.5) is 4.79 Å². The summed E-state index contributed by atoms with van der Waals surface area (Å²) >= 11 is 0. The number of carbonyl (C=O) groups is 2. The van der Waals surface area contributed by atoms with E-state index in [1.807, 2.05) is 0 Å². The molecular weight excluding hydrogens is 258 g/mol. The smallest absolute Gasteiger partial charge is 0.408 e. The zero-order valence-electron chi connectivity index (χ0n) is 12.6. The van der Waals surface area contributed by atoms with Crippen molar-refractivity contribution in [2.24, 2.45) is 0 Å². The molecule has 0 aromatic heterocycles. The van der Waals surface area contributed by atoms with E-state index < -0.39 is 23.7 Å². The summed E-state index contributed by atoms with van der Waals surface area (Å²) in [5, 5.41) is 2.54. The minimum Gasteiger partial charge on any atom is -0.461 e. The first-order valence-corrected chi connectivity index (χ1v) is 7.12. The predicted molar refractivity (Wildman–Crippen MR) is 76.3 cm³/mol. The van der Waals surface area contributed by atoms with Crippen LogP contribution in [0.3, 0.4) is 0 Å². The van der Waals surface area contributed by atoms with Gasteiger partial charge in [0.05, 0.1) is 0 Å². The standard InChI is InChI=1S/C15H25NO4/c1-5-8-12(16-14(18)20-15(2,3)4)13(17)19-11-9-6-7-10-11/h5,11-12H,1,6-10H2,2-4H3,(H,16,18). The van der Waals surface area contributed by atoms with E-state index in [4.69, 9.17) is 9.47 Å². The summed E-state index contributed by atoms with van der Waals surface area (Å²) < 4.78 is 10.5. The third kappa shape index (κ3) is 6.08. The molecule has 20 heavy (non-hydrogen) atoms. The molecule has 1 fully saturated rings. The quantitative estimate of drug-likeness (QED) is 0.622. The van der Waals surface area contributed by atoms with Crippen LogP contribution < -0.4 is 5.32 Å². The molecule has 1 unspecified atom stereocenters. The SMILES string of the molecule is C=CCC(NC(=O)OC(C)(C)C)C(=O)OC1CCCC1. The lowest BCUT2D eigenvalue weighted by Crippen LogP contribution is -2.44. The molecular formula is C15H25NO4. The number of amides is 1. The monoisotopic (exact) mass is 283 g/mol. The molecule has 0 radical (unpaired) electrons. The van der Waals surface area contributed by atoms with Crippen LogP contribution in [0, 0.1) is 0 Å². The van der Waals surface area contributed by atoms with Gasteiger partial charge in [-0.1, -0.05) is 6.08 Å². The molecule has 1 amide bonds. The number of rotatable bonds is 5. The fraction of sp³-hybridized carbons (Fsp3) is 0.733. The average Bonchev–Trinajstić information content (AvgIpc) is 2.78. The first-order valence-electron chi connectivity index (χ1n) is 7.12. The van der Waals surface area contributed by atoms with Crippen LogP contribution >= 0.6 is 0 Å². The van der Waals surface area contributed by atoms with E-state index in [0.717, 1.165) is 25.7 Å². The number of nitrogens with one attached hydrogen (secondary N) is 1. The highest BCUT2D eigenvalue weighted by Crippen LogP contribution is 2.21. The first kappa shape index (κ1) is 16.5. The van der Waals surface area contributed by atoms with Gasteiger partial charge < -0.3 is 14.8 Å². The Kier molecular flexibility index (Phi) is 6.05. The number of esters is 1. The summed E-state index contributed by atoms with van der Waals surface area (Å²) in [7, 11) is 0. The zero-order chi connectivity index (χ0) is 15.2. The van der Waals surface area contributed by atoms with Gasteiger partial charge in [-0.2, -0.15) is 0 Å². The summed E-state index contributed by atoms with van der Waals surface area (Å²) in [5.74, 6) is -0.414. The Labute approximate surface area is 120 Å². The summed E-state index contributed by atoms with van der Waals surface area (Å²) in [6.45, 7) is 8.91. The van der Waals surface area contributed by atoms with Gasteiger partial charge in [-0.05, 0) is 52.9 Å². The van der Waals surface area contributed by atoms with Crippen LogP contribution in [-0.4, -0.2) is 29.8 Å². The second kappa shape index (κ2) is 7.31. The molecule has 0 bridgehead atoms. The lowest BCUT2D eigenvalue weighted by Gasteiger charge is -2.23. The van der Waals surface area contributed by atoms with Gasteiger partial charge in [0.1, 0.15) is 17.7 Å². The Balaban J connectivity index is 2.51. The van der Waals surface area contributed by atoms with Crippen molar-refractivity contribution in [1.29, 1.82) is 0 Å². The molecule has 1 aliphatic carbocycles. The summed E-state index contributed by atoms with van der Waals surface area (Å²) in [6.07, 6.45) is 5.25. The molecule has 114 valence electrons. The van der Waals surface area contributed by atoms with E-state index in [1.165, 1.54) is 0 Å². The average molecular weight is 283 g/mol. The molecule has 0 aromatic carbocycles. The van der Waals surface area contributed by atoms with E-state index in [2.05, 4.69) is 11.9 Å². The van der Waals surface area contributed by atoms with Gasteiger partial charge >= 0.3 is 12.1 Å². The van der Waals surface area contributed by atoms with Gasteiger partial charge in [-0.3, -0.25) is 0 Å². The minimum atomic E-state index is -0.733. The second-order valence-corrected chi connectivity index (χ2v) is 6.07. The fourth-order valence-corrected chi connectivity index (χ4v) is 2.08. The molecule has 0 aliphatic heterocycles.